The molecule has 0 radical (unpaired) electrons. The molecule has 0 heterocycles. The van der Waals surface area contributed by atoms with Crippen molar-refractivity contribution in [2.75, 3.05) is 6.54 Å². The fraction of sp³-hybridized carbons (Fsp3) is 0.714. The van der Waals surface area contributed by atoms with Crippen molar-refractivity contribution in [1.29, 1.82) is 0 Å². The molecule has 0 aliphatic rings. The van der Waals surface area contributed by atoms with Gasteiger partial charge in [-0.2, -0.15) is 0 Å². The molecule has 0 spiro atoms. The number of nitrogens with one attached hydrogen (secondary N) is 1. The number of amides is 1. The molecule has 0 rings (SSSR count). The minimum Gasteiger partial charge on any atom is -0.481 e. The Hall–Kier alpha value is -1.22. The summed E-state index contributed by atoms with van der Waals surface area (Å²) in [5.74, 6) is -1.08. The number of carbonyl (C=O) groups is 2. The van der Waals surface area contributed by atoms with Gasteiger partial charge in [-0.25, -0.2) is 0 Å². The molecule has 10 N–H and O–H groups in total. The third-order valence-electron chi connectivity index (χ3n) is 1.16. The third kappa shape index (κ3) is 19.3. The molecule has 8 heteroatoms. The highest BCUT2D eigenvalue weighted by atomic mass is 16.4. The summed E-state index contributed by atoms with van der Waals surface area (Å²) >= 11 is 0. The lowest BCUT2D eigenvalue weighted by atomic mass is 10.2. The second-order valence-electron chi connectivity index (χ2n) is 2.59. The lowest BCUT2D eigenvalue weighted by molar-refractivity contribution is -0.137. The number of carboxylic acids is 1. The van der Waals surface area contributed by atoms with E-state index in [4.69, 9.17) is 5.11 Å². The van der Waals surface area contributed by atoms with Gasteiger partial charge in [0.25, 0.3) is 0 Å². The molecule has 0 fully saturated rings. The van der Waals surface area contributed by atoms with E-state index in [0.717, 1.165) is 0 Å². The zero-order valence-corrected chi connectivity index (χ0v) is 8.76. The average molecular weight is 231 g/mol. The summed E-state index contributed by atoms with van der Waals surface area (Å²) in [6.07, 6.45) is -0.0154. The molecule has 0 aromatic rings. The van der Waals surface area contributed by atoms with Crippen LogP contribution >= 0.6 is 0 Å². The SMILES string of the molecule is CC(C)C(=O)NCCC(=O)O.O.O.O.O. The second-order valence-corrected chi connectivity index (χ2v) is 2.59. The third-order valence-corrected chi connectivity index (χ3v) is 1.16. The van der Waals surface area contributed by atoms with Crippen molar-refractivity contribution in [3.05, 3.63) is 0 Å². The molecule has 0 unspecified atom stereocenters. The first-order chi connectivity index (χ1) is 5.04. The highest BCUT2D eigenvalue weighted by Crippen LogP contribution is 1.89. The van der Waals surface area contributed by atoms with E-state index in [1.807, 2.05) is 0 Å². The monoisotopic (exact) mass is 231 g/mol. The van der Waals surface area contributed by atoms with Gasteiger partial charge in [0.1, 0.15) is 0 Å². The number of hydrogen-bond acceptors (Lipinski definition) is 2. The summed E-state index contributed by atoms with van der Waals surface area (Å²) < 4.78 is 0. The Labute approximate surface area is 87.5 Å². The zero-order valence-electron chi connectivity index (χ0n) is 8.76. The van der Waals surface area contributed by atoms with Gasteiger partial charge in [-0.1, -0.05) is 13.8 Å². The Balaban J connectivity index is -0.0000000833. The van der Waals surface area contributed by atoms with Crippen LogP contribution < -0.4 is 5.32 Å². The van der Waals surface area contributed by atoms with Crippen LogP contribution in [0.2, 0.25) is 0 Å². The maximum absolute atomic E-state index is 10.8. The van der Waals surface area contributed by atoms with Gasteiger partial charge in [0.05, 0.1) is 6.42 Å². The highest BCUT2D eigenvalue weighted by molar-refractivity contribution is 5.78. The number of carboxylic acid groups (broad SMARTS) is 1. The predicted octanol–water partition coefficient (Wildman–Crippen LogP) is -3.07. The topological polar surface area (TPSA) is 192 Å². The van der Waals surface area contributed by atoms with Crippen LogP contribution in [0, 0.1) is 5.92 Å². The Morgan fingerprint density at radius 1 is 1.13 bits per heavy atom. The van der Waals surface area contributed by atoms with E-state index >= 15 is 0 Å². The average Bonchev–Trinajstić information content (AvgIpc) is 1.86. The Bertz CT molecular complexity index is 159. The zero-order chi connectivity index (χ0) is 8.85. The van der Waals surface area contributed by atoms with E-state index in [1.54, 1.807) is 13.8 Å². The second kappa shape index (κ2) is 15.3. The summed E-state index contributed by atoms with van der Waals surface area (Å²) in [5, 5.41) is 10.7. The molecule has 0 aromatic heterocycles. The molecular weight excluding hydrogens is 210 g/mol. The Morgan fingerprint density at radius 3 is 1.80 bits per heavy atom. The molecular formula is C7H21NO7. The summed E-state index contributed by atoms with van der Waals surface area (Å²) in [6, 6.07) is 0. The van der Waals surface area contributed by atoms with E-state index in [-0.39, 0.29) is 46.7 Å². The van der Waals surface area contributed by atoms with Gasteiger partial charge in [0.15, 0.2) is 0 Å². The number of aliphatic carboxylic acids is 1. The van der Waals surface area contributed by atoms with Crippen molar-refractivity contribution in [2.24, 2.45) is 5.92 Å². The number of rotatable bonds is 4. The highest BCUT2D eigenvalue weighted by Gasteiger charge is 2.05. The molecule has 0 aromatic carbocycles. The van der Waals surface area contributed by atoms with E-state index in [9.17, 15) is 9.59 Å². The van der Waals surface area contributed by atoms with Crippen molar-refractivity contribution >= 4 is 11.9 Å². The van der Waals surface area contributed by atoms with Crippen LogP contribution in [0.5, 0.6) is 0 Å². The number of hydrogen-bond donors (Lipinski definition) is 2. The summed E-state index contributed by atoms with van der Waals surface area (Å²) in [4.78, 5) is 20.8. The summed E-state index contributed by atoms with van der Waals surface area (Å²) in [6.45, 7) is 3.73. The quantitative estimate of drug-likeness (QED) is 0.519. The van der Waals surface area contributed by atoms with Crippen LogP contribution in [0.1, 0.15) is 20.3 Å². The maximum atomic E-state index is 10.8. The van der Waals surface area contributed by atoms with Gasteiger partial charge in [-0.05, 0) is 0 Å². The largest absolute Gasteiger partial charge is 0.481 e. The molecule has 8 nitrogen and oxygen atoms in total. The first-order valence-corrected chi connectivity index (χ1v) is 3.53. The number of carbonyl (C=O) groups excluding carboxylic acids is 1. The summed E-state index contributed by atoms with van der Waals surface area (Å²) in [5.41, 5.74) is 0. The van der Waals surface area contributed by atoms with Gasteiger partial charge in [-0.3, -0.25) is 9.59 Å². The summed E-state index contributed by atoms with van der Waals surface area (Å²) in [7, 11) is 0. The predicted molar refractivity (Wildman–Crippen MR) is 54.6 cm³/mol. The standard InChI is InChI=1S/C7H13NO3.4H2O/c1-5(2)7(11)8-4-3-6(9)10;;;;/h5H,3-4H2,1-2H3,(H,8,11)(H,9,10);4*1H2. The van der Waals surface area contributed by atoms with Gasteiger partial charge in [0, 0.05) is 12.5 Å². The molecule has 0 aliphatic carbocycles. The van der Waals surface area contributed by atoms with Gasteiger partial charge in [-0.15, -0.1) is 0 Å². The molecule has 0 bridgehead atoms. The molecule has 0 atom stereocenters. The first kappa shape index (κ1) is 29.2. The van der Waals surface area contributed by atoms with Crippen LogP contribution in [0.4, 0.5) is 0 Å². The Kier molecular flexibility index (Phi) is 29.7. The van der Waals surface area contributed by atoms with Crippen molar-refractivity contribution in [1.82, 2.24) is 5.32 Å². The minimum absolute atomic E-state index is 0. The molecule has 96 valence electrons. The molecule has 0 saturated carbocycles. The van der Waals surface area contributed by atoms with Crippen LogP contribution in [-0.4, -0.2) is 45.4 Å². The minimum atomic E-state index is -0.894. The lowest BCUT2D eigenvalue weighted by Crippen LogP contribution is -2.29. The smallest absolute Gasteiger partial charge is 0.305 e. The van der Waals surface area contributed by atoms with Crippen molar-refractivity contribution in [2.45, 2.75) is 20.3 Å². The van der Waals surface area contributed by atoms with Gasteiger partial charge < -0.3 is 32.3 Å². The fourth-order valence-corrected chi connectivity index (χ4v) is 0.497. The van der Waals surface area contributed by atoms with Gasteiger partial charge in [0.2, 0.25) is 5.91 Å². The van der Waals surface area contributed by atoms with Crippen molar-refractivity contribution < 1.29 is 36.6 Å². The normalized spacial score (nSPS) is 7.13. The van der Waals surface area contributed by atoms with Crippen LogP contribution in [0.3, 0.4) is 0 Å². The molecule has 15 heavy (non-hydrogen) atoms. The van der Waals surface area contributed by atoms with Crippen LogP contribution in [-0.2, 0) is 9.59 Å². The lowest BCUT2D eigenvalue weighted by Gasteiger charge is -2.04. The maximum Gasteiger partial charge on any atom is 0.305 e. The fourth-order valence-electron chi connectivity index (χ4n) is 0.497. The molecule has 1 amide bonds. The van der Waals surface area contributed by atoms with Crippen molar-refractivity contribution in [3.8, 4) is 0 Å². The van der Waals surface area contributed by atoms with E-state index in [0.29, 0.717) is 0 Å². The Morgan fingerprint density at radius 2 is 1.53 bits per heavy atom. The first-order valence-electron chi connectivity index (χ1n) is 3.53. The van der Waals surface area contributed by atoms with E-state index < -0.39 is 5.97 Å². The molecule has 0 saturated heterocycles. The van der Waals surface area contributed by atoms with E-state index in [1.165, 1.54) is 0 Å². The van der Waals surface area contributed by atoms with Crippen molar-refractivity contribution in [3.63, 3.8) is 0 Å². The van der Waals surface area contributed by atoms with Crippen LogP contribution in [0.25, 0.3) is 0 Å². The van der Waals surface area contributed by atoms with Crippen LogP contribution in [0.15, 0.2) is 0 Å². The van der Waals surface area contributed by atoms with Gasteiger partial charge >= 0.3 is 5.97 Å². The molecule has 0 aliphatic heterocycles. The van der Waals surface area contributed by atoms with E-state index in [2.05, 4.69) is 5.32 Å².